The molecular weight excluding hydrogens is 754 g/mol. The van der Waals surface area contributed by atoms with E-state index in [-0.39, 0.29) is 51.6 Å². The summed E-state index contributed by atoms with van der Waals surface area (Å²) in [4.78, 5) is 78.9. The number of fused-ring (bicyclic) bond motifs is 4. The lowest BCUT2D eigenvalue weighted by Crippen LogP contribution is -2.54. The first-order valence-electron chi connectivity index (χ1n) is 15.6. The molecule has 4 atom stereocenters. The fourth-order valence-corrected chi connectivity index (χ4v) is 6.74. The molecule has 2 aromatic rings. The van der Waals surface area contributed by atoms with Crippen molar-refractivity contribution in [1.82, 2.24) is 46.6 Å². The van der Waals surface area contributed by atoms with E-state index in [2.05, 4.69) is 35.3 Å². The molecule has 24 nitrogen and oxygen atoms in total. The molecule has 6 rings (SSSR count). The molecule has 4 bridgehead atoms. The number of rotatable bonds is 10. The number of hydrogen-bond acceptors (Lipinski definition) is 14. The maximum absolute atomic E-state index is 12.3. The number of furan rings is 1. The number of nitrogens with zero attached hydrogens (tertiary/aromatic N) is 5. The largest absolute Gasteiger partial charge is 0.469 e. The Hall–Kier alpha value is -5.41. The molecule has 6 heterocycles. The molecule has 0 aromatic carbocycles. The molecule has 6 N–H and O–H groups in total. The third kappa shape index (κ3) is 10.1. The Morgan fingerprint density at radius 1 is 0.736 bits per heavy atom. The normalized spacial score (nSPS) is 22.2. The second-order valence-electron chi connectivity index (χ2n) is 11.8. The van der Waals surface area contributed by atoms with Gasteiger partial charge in [-0.3, -0.25) is 55.0 Å². The third-order valence-corrected chi connectivity index (χ3v) is 8.93. The number of nitrogens with one attached hydrogen (secondary N) is 4. The van der Waals surface area contributed by atoms with Gasteiger partial charge in [0.2, 0.25) is 11.8 Å². The predicted octanol–water partition coefficient (Wildman–Crippen LogP) is -2.25. The highest BCUT2D eigenvalue weighted by Gasteiger charge is 2.50. The SMILES string of the molecule is O=C(Cc1ccccn1)NNC(=O)[C@@H]1CC[C@@H]2CN1C(=O)N2OS(=O)(=O)O.O=C(Cc1ccco1)NNC(=O)[C@@H]1CC[C@@H]2CN1C(=O)N2OS(=O)(=O)O. The van der Waals surface area contributed by atoms with Crippen molar-refractivity contribution >= 4 is 56.5 Å². The van der Waals surface area contributed by atoms with Gasteiger partial charge in [0.05, 0.1) is 31.2 Å². The molecule has 0 aliphatic carbocycles. The molecule has 0 saturated carbocycles. The Morgan fingerprint density at radius 2 is 1.25 bits per heavy atom. The van der Waals surface area contributed by atoms with E-state index in [0.717, 1.165) is 9.80 Å². The minimum Gasteiger partial charge on any atom is -0.469 e. The van der Waals surface area contributed by atoms with Crippen molar-refractivity contribution in [3.05, 3.63) is 54.2 Å². The first-order chi connectivity index (χ1) is 25.0. The molecule has 4 saturated heterocycles. The minimum atomic E-state index is -4.85. The zero-order valence-electron chi connectivity index (χ0n) is 27.3. The van der Waals surface area contributed by atoms with E-state index < -0.39 is 80.7 Å². The topological polar surface area (TPSA) is 317 Å². The molecule has 0 spiro atoms. The fourth-order valence-electron chi connectivity index (χ4n) is 5.96. The number of amides is 8. The fraction of sp³-hybridized carbons (Fsp3) is 0.444. The van der Waals surface area contributed by atoms with Crippen molar-refractivity contribution in [2.45, 2.75) is 62.7 Å². The summed E-state index contributed by atoms with van der Waals surface area (Å²) in [5.41, 5.74) is 9.48. The van der Waals surface area contributed by atoms with Crippen LogP contribution in [0.5, 0.6) is 0 Å². The second-order valence-corrected chi connectivity index (χ2v) is 13.9. The molecule has 2 aromatic heterocycles. The van der Waals surface area contributed by atoms with Crippen LogP contribution in [0.2, 0.25) is 0 Å². The summed E-state index contributed by atoms with van der Waals surface area (Å²) in [6.07, 6.45) is 3.91. The molecule has 8 amide bonds. The van der Waals surface area contributed by atoms with Crippen molar-refractivity contribution in [3.8, 4) is 0 Å². The van der Waals surface area contributed by atoms with Crippen molar-refractivity contribution in [1.29, 1.82) is 0 Å². The van der Waals surface area contributed by atoms with Crippen LogP contribution in [0.3, 0.4) is 0 Å². The number of piperidine rings is 2. The molecular formula is C27H33N9O15S2. The zero-order valence-corrected chi connectivity index (χ0v) is 28.9. The van der Waals surface area contributed by atoms with Crippen LogP contribution in [0.15, 0.2) is 47.2 Å². The molecule has 26 heteroatoms. The van der Waals surface area contributed by atoms with Gasteiger partial charge in [0, 0.05) is 25.0 Å². The van der Waals surface area contributed by atoms with Gasteiger partial charge in [-0.2, -0.15) is 27.0 Å². The van der Waals surface area contributed by atoms with Gasteiger partial charge in [-0.15, -0.1) is 8.57 Å². The Balaban J connectivity index is 0.000000204. The number of carbonyl (C=O) groups is 6. The van der Waals surface area contributed by atoms with Gasteiger partial charge in [0.25, 0.3) is 11.8 Å². The lowest BCUT2D eigenvalue weighted by Gasteiger charge is -2.29. The Labute approximate surface area is 300 Å². The summed E-state index contributed by atoms with van der Waals surface area (Å²) >= 11 is 0. The van der Waals surface area contributed by atoms with Gasteiger partial charge >= 0.3 is 32.9 Å². The minimum absolute atomic E-state index is 0.0352. The van der Waals surface area contributed by atoms with E-state index in [1.165, 1.54) is 6.26 Å². The number of carbonyl (C=O) groups excluding carboxylic acids is 6. The Bertz CT molecular complexity index is 1930. The highest BCUT2D eigenvalue weighted by molar-refractivity contribution is 7.81. The van der Waals surface area contributed by atoms with Crippen LogP contribution in [0.4, 0.5) is 9.59 Å². The molecule has 4 fully saturated rings. The van der Waals surface area contributed by atoms with Crippen LogP contribution in [-0.2, 0) is 61.4 Å². The first kappa shape index (κ1) is 38.8. The predicted molar refractivity (Wildman–Crippen MR) is 170 cm³/mol. The van der Waals surface area contributed by atoms with E-state index in [1.807, 2.05) is 0 Å². The highest BCUT2D eigenvalue weighted by atomic mass is 32.3. The van der Waals surface area contributed by atoms with E-state index in [9.17, 15) is 45.6 Å². The maximum atomic E-state index is 12.3. The van der Waals surface area contributed by atoms with Crippen molar-refractivity contribution in [2.24, 2.45) is 0 Å². The molecule has 0 radical (unpaired) electrons. The van der Waals surface area contributed by atoms with Crippen molar-refractivity contribution in [2.75, 3.05) is 13.1 Å². The number of hydrogen-bond donors (Lipinski definition) is 6. The van der Waals surface area contributed by atoms with E-state index in [0.29, 0.717) is 21.6 Å². The molecule has 4 aliphatic rings. The molecule has 53 heavy (non-hydrogen) atoms. The number of hydroxylamine groups is 4. The van der Waals surface area contributed by atoms with E-state index in [4.69, 9.17) is 13.5 Å². The summed E-state index contributed by atoms with van der Waals surface area (Å²) in [5, 5.41) is 1.08. The lowest BCUT2D eigenvalue weighted by atomic mass is 10.0. The van der Waals surface area contributed by atoms with E-state index >= 15 is 0 Å². The average molecular weight is 788 g/mol. The maximum Gasteiger partial charge on any atom is 0.418 e. The summed E-state index contributed by atoms with van der Waals surface area (Å²) in [6.45, 7) is 0.126. The first-order valence-corrected chi connectivity index (χ1v) is 18.4. The summed E-state index contributed by atoms with van der Waals surface area (Å²) in [6, 6.07) is 3.63. The quantitative estimate of drug-likeness (QED) is 0.109. The van der Waals surface area contributed by atoms with Gasteiger partial charge in [-0.05, 0) is 49.9 Å². The van der Waals surface area contributed by atoms with Crippen LogP contribution in [-0.4, -0.2) is 124 Å². The highest BCUT2D eigenvalue weighted by Crippen LogP contribution is 2.31. The van der Waals surface area contributed by atoms with Crippen molar-refractivity contribution in [3.63, 3.8) is 0 Å². The van der Waals surface area contributed by atoms with Gasteiger partial charge in [0.15, 0.2) is 0 Å². The van der Waals surface area contributed by atoms with Gasteiger partial charge < -0.3 is 14.2 Å². The van der Waals surface area contributed by atoms with Crippen LogP contribution < -0.4 is 21.7 Å². The van der Waals surface area contributed by atoms with Crippen LogP contribution in [0.25, 0.3) is 0 Å². The molecule has 288 valence electrons. The van der Waals surface area contributed by atoms with E-state index in [1.54, 1.807) is 36.5 Å². The van der Waals surface area contributed by atoms with Crippen molar-refractivity contribution < 1.29 is 67.7 Å². The summed E-state index contributed by atoms with van der Waals surface area (Å²) in [7, 11) is -9.70. The van der Waals surface area contributed by atoms with Gasteiger partial charge in [-0.25, -0.2) is 9.59 Å². The summed E-state index contributed by atoms with van der Waals surface area (Å²) < 4.78 is 74.4. The number of urea groups is 2. The van der Waals surface area contributed by atoms with Crippen LogP contribution in [0, 0.1) is 0 Å². The van der Waals surface area contributed by atoms with Crippen LogP contribution in [0.1, 0.15) is 37.1 Å². The third-order valence-electron chi connectivity index (χ3n) is 8.23. The number of aromatic nitrogens is 1. The van der Waals surface area contributed by atoms with Gasteiger partial charge in [-0.1, -0.05) is 6.07 Å². The van der Waals surface area contributed by atoms with Gasteiger partial charge in [0.1, 0.15) is 17.8 Å². The zero-order chi connectivity index (χ0) is 38.5. The monoisotopic (exact) mass is 787 g/mol. The smallest absolute Gasteiger partial charge is 0.418 e. The summed E-state index contributed by atoms with van der Waals surface area (Å²) in [5.74, 6) is -1.82. The Kier molecular flexibility index (Phi) is 11.8. The number of pyridine rings is 1. The number of hydrazine groups is 2. The molecule has 4 aliphatic heterocycles. The lowest BCUT2D eigenvalue weighted by molar-refractivity contribution is -0.131. The molecule has 0 unspecified atom stereocenters. The second kappa shape index (κ2) is 16.1. The Morgan fingerprint density at radius 3 is 1.68 bits per heavy atom. The standard InChI is InChI=1S/C14H17N5O7S.C13H16N4O8S/c20-12(7-9-3-1-2-6-15-9)16-17-13(21)11-5-4-10-8-18(11)14(22)19(10)26-27(23,24)25;18-11(6-9-2-1-5-24-9)14-15-12(19)10-4-3-8-7-16(10)13(20)17(8)25-26(21,22)23/h1-3,6,10-11H,4-5,7-8H2,(H,16,20)(H,17,21)(H,23,24,25);1-2,5,8,10H,3-4,6-7H2,(H,14,18)(H,15,19)(H,21,22,23)/t10-,11+;8-,10+/m11/s1. The average Bonchev–Trinajstić information content (AvgIpc) is 3.76. The van der Waals surface area contributed by atoms with Crippen LogP contribution >= 0.6 is 0 Å².